The van der Waals surface area contributed by atoms with Crippen molar-refractivity contribution in [3.8, 4) is 0 Å². The lowest BCUT2D eigenvalue weighted by Gasteiger charge is -2.06. The third-order valence-electron chi connectivity index (χ3n) is 0.787. The zero-order valence-corrected chi connectivity index (χ0v) is 5.35. The Morgan fingerprint density at radius 3 is 2.75 bits per heavy atom. The average Bonchev–Trinajstić information content (AvgIpc) is 1.66. The summed E-state index contributed by atoms with van der Waals surface area (Å²) in [5, 5.41) is 2.56. The molecule has 0 atom stereocenters. The smallest absolute Gasteiger partial charge is 0.207 e. The first-order valence-corrected chi connectivity index (χ1v) is 2.59. The summed E-state index contributed by atoms with van der Waals surface area (Å²) < 4.78 is 0. The van der Waals surface area contributed by atoms with Crippen LogP contribution in [0.25, 0.3) is 0 Å². The lowest BCUT2D eigenvalue weighted by Crippen LogP contribution is -2.25. The largest absolute Gasteiger partial charge is 0.357 e. The maximum absolute atomic E-state index is 9.66. The van der Waals surface area contributed by atoms with E-state index in [0.29, 0.717) is 6.41 Å². The third kappa shape index (κ3) is 5.43. The van der Waals surface area contributed by atoms with Crippen LogP contribution >= 0.6 is 0 Å². The molecule has 3 nitrogen and oxygen atoms in total. The number of rotatable bonds is 4. The molecule has 50 valence electrons. The highest BCUT2D eigenvalue weighted by Gasteiger charge is 1.84. The molecular formula is C5H14N2O. The number of hydrogen-bond donors (Lipinski definition) is 1. The van der Waals surface area contributed by atoms with Gasteiger partial charge in [-0.2, -0.15) is 0 Å². The molecule has 0 aliphatic heterocycles. The molecule has 0 heterocycles. The zero-order valence-electron chi connectivity index (χ0n) is 5.35. The highest BCUT2D eigenvalue weighted by atomic mass is 16.1. The number of nitrogens with zero attached hydrogens (tertiary/aromatic N) is 1. The van der Waals surface area contributed by atoms with Gasteiger partial charge in [-0.3, -0.25) is 4.79 Å². The van der Waals surface area contributed by atoms with Crippen LogP contribution in [-0.2, 0) is 4.79 Å². The Bertz CT molecular complexity index is 68.0. The highest BCUT2D eigenvalue weighted by molar-refractivity contribution is 5.45. The Labute approximate surface area is 51.2 Å². The van der Waals surface area contributed by atoms with Crippen molar-refractivity contribution in [2.45, 2.75) is 0 Å². The Morgan fingerprint density at radius 1 is 1.75 bits per heavy atom. The van der Waals surface area contributed by atoms with Gasteiger partial charge in [0.1, 0.15) is 0 Å². The SMILES string of the molecule is CN(C)CCNC=O.[HH]. The summed E-state index contributed by atoms with van der Waals surface area (Å²) >= 11 is 0. The first kappa shape index (κ1) is 7.43. The van der Waals surface area contributed by atoms with Crippen LogP contribution in [0.4, 0.5) is 0 Å². The summed E-state index contributed by atoms with van der Waals surface area (Å²) in [4.78, 5) is 11.7. The quantitative estimate of drug-likeness (QED) is 0.400. The van der Waals surface area contributed by atoms with E-state index < -0.39 is 0 Å². The number of likely N-dealkylation sites (N-methyl/N-ethyl adjacent to an activating group) is 1. The van der Waals surface area contributed by atoms with E-state index in [9.17, 15) is 4.79 Å². The van der Waals surface area contributed by atoms with Gasteiger partial charge in [0.05, 0.1) is 0 Å². The maximum atomic E-state index is 9.66. The van der Waals surface area contributed by atoms with Gasteiger partial charge in [0.2, 0.25) is 6.41 Å². The topological polar surface area (TPSA) is 32.3 Å². The molecule has 1 N–H and O–H groups in total. The molecule has 0 saturated carbocycles. The molecule has 0 aromatic rings. The van der Waals surface area contributed by atoms with Gasteiger partial charge in [-0.25, -0.2) is 0 Å². The van der Waals surface area contributed by atoms with E-state index in [1.807, 2.05) is 19.0 Å². The van der Waals surface area contributed by atoms with Crippen molar-refractivity contribution in [2.75, 3.05) is 27.2 Å². The minimum Gasteiger partial charge on any atom is -0.357 e. The van der Waals surface area contributed by atoms with Crippen molar-refractivity contribution in [3.05, 3.63) is 0 Å². The molecule has 0 aliphatic rings. The van der Waals surface area contributed by atoms with E-state index in [0.717, 1.165) is 13.1 Å². The Morgan fingerprint density at radius 2 is 2.38 bits per heavy atom. The van der Waals surface area contributed by atoms with Crippen LogP contribution in [0.5, 0.6) is 0 Å². The van der Waals surface area contributed by atoms with Crippen molar-refractivity contribution in [1.29, 1.82) is 0 Å². The first-order chi connectivity index (χ1) is 3.77. The number of hydrogen-bond acceptors (Lipinski definition) is 2. The molecule has 0 rings (SSSR count). The third-order valence-corrected chi connectivity index (χ3v) is 0.787. The molecule has 0 unspecified atom stereocenters. The lowest BCUT2D eigenvalue weighted by atomic mass is 10.6. The fourth-order valence-electron chi connectivity index (χ4n) is 0.347. The van der Waals surface area contributed by atoms with Crippen LogP contribution in [0.15, 0.2) is 0 Å². The van der Waals surface area contributed by atoms with E-state index in [-0.39, 0.29) is 1.43 Å². The van der Waals surface area contributed by atoms with Gasteiger partial charge in [0.15, 0.2) is 0 Å². The first-order valence-electron chi connectivity index (χ1n) is 2.59. The predicted molar refractivity (Wildman–Crippen MR) is 34.7 cm³/mol. The summed E-state index contributed by atoms with van der Waals surface area (Å²) in [6.45, 7) is 1.63. The van der Waals surface area contributed by atoms with Crippen LogP contribution in [0, 0.1) is 0 Å². The zero-order chi connectivity index (χ0) is 6.41. The standard InChI is InChI=1S/C5H12N2O.H2/c1-7(2)4-3-6-5-8;/h5H,3-4H2,1-2H3,(H,6,8);1H. The molecule has 0 spiro atoms. The van der Waals surface area contributed by atoms with Crippen LogP contribution < -0.4 is 5.32 Å². The van der Waals surface area contributed by atoms with E-state index in [4.69, 9.17) is 0 Å². The monoisotopic (exact) mass is 118 g/mol. The Hall–Kier alpha value is -0.570. The molecule has 0 fully saturated rings. The summed E-state index contributed by atoms with van der Waals surface area (Å²) in [7, 11) is 3.93. The summed E-state index contributed by atoms with van der Waals surface area (Å²) in [6, 6.07) is 0. The second-order valence-electron chi connectivity index (χ2n) is 1.88. The summed E-state index contributed by atoms with van der Waals surface area (Å²) in [5.41, 5.74) is 0. The number of carbonyl (C=O) groups is 1. The van der Waals surface area contributed by atoms with Crippen molar-refractivity contribution in [2.24, 2.45) is 0 Å². The second kappa shape index (κ2) is 4.59. The second-order valence-corrected chi connectivity index (χ2v) is 1.88. The normalized spacial score (nSPS) is 9.38. The lowest BCUT2D eigenvalue weighted by molar-refractivity contribution is -0.109. The fraction of sp³-hybridized carbons (Fsp3) is 0.800. The van der Waals surface area contributed by atoms with Gasteiger partial charge < -0.3 is 10.2 Å². The molecule has 0 saturated heterocycles. The van der Waals surface area contributed by atoms with Crippen molar-refractivity contribution in [3.63, 3.8) is 0 Å². The van der Waals surface area contributed by atoms with Gasteiger partial charge in [-0.15, -0.1) is 0 Å². The fourth-order valence-corrected chi connectivity index (χ4v) is 0.347. The minimum absolute atomic E-state index is 0. The van der Waals surface area contributed by atoms with E-state index >= 15 is 0 Å². The maximum Gasteiger partial charge on any atom is 0.207 e. The highest BCUT2D eigenvalue weighted by Crippen LogP contribution is 1.67. The molecule has 3 heteroatoms. The van der Waals surface area contributed by atoms with Crippen LogP contribution in [0.1, 0.15) is 1.43 Å². The summed E-state index contributed by atoms with van der Waals surface area (Å²) in [6.07, 6.45) is 0.712. The molecule has 0 aromatic heterocycles. The van der Waals surface area contributed by atoms with E-state index in [1.54, 1.807) is 0 Å². The van der Waals surface area contributed by atoms with Crippen molar-refractivity contribution < 1.29 is 6.22 Å². The molecule has 0 radical (unpaired) electrons. The Balaban J connectivity index is 0. The van der Waals surface area contributed by atoms with E-state index in [2.05, 4.69) is 5.32 Å². The van der Waals surface area contributed by atoms with Gasteiger partial charge in [0.25, 0.3) is 0 Å². The van der Waals surface area contributed by atoms with Crippen molar-refractivity contribution >= 4 is 6.41 Å². The van der Waals surface area contributed by atoms with E-state index in [1.165, 1.54) is 0 Å². The molecule has 8 heavy (non-hydrogen) atoms. The summed E-state index contributed by atoms with van der Waals surface area (Å²) in [5.74, 6) is 0. The number of amides is 1. The Kier molecular flexibility index (Phi) is 4.26. The number of carbonyl (C=O) groups excluding carboxylic acids is 1. The molecule has 0 aromatic carbocycles. The molecular weight excluding hydrogens is 104 g/mol. The van der Waals surface area contributed by atoms with Crippen LogP contribution in [0.2, 0.25) is 0 Å². The molecule has 0 aliphatic carbocycles. The van der Waals surface area contributed by atoms with Crippen LogP contribution in [-0.4, -0.2) is 38.5 Å². The van der Waals surface area contributed by atoms with Crippen LogP contribution in [0.3, 0.4) is 0 Å². The van der Waals surface area contributed by atoms with Gasteiger partial charge in [-0.1, -0.05) is 0 Å². The molecule has 0 bridgehead atoms. The van der Waals surface area contributed by atoms with Gasteiger partial charge >= 0.3 is 0 Å². The van der Waals surface area contributed by atoms with Gasteiger partial charge in [0, 0.05) is 14.5 Å². The average molecular weight is 118 g/mol. The minimum atomic E-state index is 0. The number of nitrogens with one attached hydrogen (secondary N) is 1. The van der Waals surface area contributed by atoms with Gasteiger partial charge in [-0.05, 0) is 14.1 Å². The molecule has 1 amide bonds. The predicted octanol–water partition coefficient (Wildman–Crippen LogP) is -0.460. The van der Waals surface area contributed by atoms with Crippen molar-refractivity contribution in [1.82, 2.24) is 10.2 Å².